The van der Waals surface area contributed by atoms with Gasteiger partial charge in [0.25, 0.3) is 5.69 Å². The van der Waals surface area contributed by atoms with E-state index in [0.29, 0.717) is 11.3 Å². The number of nitro benzene ring substituents is 1. The first-order valence-electron chi connectivity index (χ1n) is 4.46. The van der Waals surface area contributed by atoms with Crippen LogP contribution in [0.5, 0.6) is 0 Å². The molecule has 1 aromatic carbocycles. The molecule has 6 heteroatoms. The molecule has 0 aliphatic heterocycles. The summed E-state index contributed by atoms with van der Waals surface area (Å²) >= 11 is 0. The lowest BCUT2D eigenvalue weighted by Crippen LogP contribution is -2.08. The molecule has 0 unspecified atom stereocenters. The van der Waals surface area contributed by atoms with Crippen molar-refractivity contribution in [3.05, 3.63) is 33.9 Å². The SMILES string of the molecule is CC(=O)Nc1ccc([N+](=O)[O-])cc1CC#N. The lowest BCUT2D eigenvalue weighted by atomic mass is 10.1. The lowest BCUT2D eigenvalue weighted by Gasteiger charge is -2.06. The van der Waals surface area contributed by atoms with Gasteiger partial charge >= 0.3 is 0 Å². The van der Waals surface area contributed by atoms with E-state index in [0.717, 1.165) is 0 Å². The number of nitro groups is 1. The summed E-state index contributed by atoms with van der Waals surface area (Å²) in [6.07, 6.45) is 0.0112. The van der Waals surface area contributed by atoms with E-state index >= 15 is 0 Å². The number of benzene rings is 1. The molecule has 0 saturated heterocycles. The van der Waals surface area contributed by atoms with Crippen LogP contribution in [0.2, 0.25) is 0 Å². The van der Waals surface area contributed by atoms with Crippen molar-refractivity contribution >= 4 is 17.3 Å². The van der Waals surface area contributed by atoms with E-state index in [1.165, 1.54) is 25.1 Å². The molecule has 0 fully saturated rings. The number of nitrogens with zero attached hydrogens (tertiary/aromatic N) is 2. The monoisotopic (exact) mass is 219 g/mol. The smallest absolute Gasteiger partial charge is 0.269 e. The van der Waals surface area contributed by atoms with Crippen LogP contribution >= 0.6 is 0 Å². The summed E-state index contributed by atoms with van der Waals surface area (Å²) in [7, 11) is 0. The third-order valence-electron chi connectivity index (χ3n) is 1.88. The van der Waals surface area contributed by atoms with E-state index in [-0.39, 0.29) is 18.0 Å². The van der Waals surface area contributed by atoms with Gasteiger partial charge in [-0.3, -0.25) is 14.9 Å². The third kappa shape index (κ3) is 2.78. The van der Waals surface area contributed by atoms with E-state index in [4.69, 9.17) is 5.26 Å². The zero-order chi connectivity index (χ0) is 12.1. The predicted molar refractivity (Wildman–Crippen MR) is 56.7 cm³/mol. The maximum absolute atomic E-state index is 10.9. The summed E-state index contributed by atoms with van der Waals surface area (Å²) in [5.74, 6) is -0.284. The molecule has 0 aliphatic carbocycles. The van der Waals surface area contributed by atoms with Crippen molar-refractivity contribution in [3.8, 4) is 6.07 Å². The predicted octanol–water partition coefficient (Wildman–Crippen LogP) is 1.62. The standard InChI is InChI=1S/C10H9N3O3/c1-7(14)12-10-3-2-9(13(15)16)6-8(10)4-5-11/h2-3,6H,4H2,1H3,(H,12,14). The van der Waals surface area contributed by atoms with Crippen LogP contribution in [0.1, 0.15) is 12.5 Å². The van der Waals surface area contributed by atoms with Crippen LogP contribution in [0.3, 0.4) is 0 Å². The first kappa shape index (κ1) is 11.7. The Kier molecular flexibility index (Phi) is 3.56. The molecule has 1 amide bonds. The summed E-state index contributed by atoms with van der Waals surface area (Å²) in [4.78, 5) is 20.8. The Hall–Kier alpha value is -2.42. The van der Waals surface area contributed by atoms with Crippen molar-refractivity contribution in [2.45, 2.75) is 13.3 Å². The van der Waals surface area contributed by atoms with Crippen LogP contribution in [0.15, 0.2) is 18.2 Å². The van der Waals surface area contributed by atoms with Gasteiger partial charge in [-0.05, 0) is 11.6 Å². The number of nitriles is 1. The minimum atomic E-state index is -0.543. The van der Waals surface area contributed by atoms with Gasteiger partial charge in [0, 0.05) is 24.7 Å². The number of rotatable bonds is 3. The minimum absolute atomic E-state index is 0.0112. The van der Waals surface area contributed by atoms with Gasteiger partial charge in [0.2, 0.25) is 5.91 Å². The Morgan fingerprint density at radius 2 is 2.31 bits per heavy atom. The normalized spacial score (nSPS) is 9.25. The van der Waals surface area contributed by atoms with Crippen LogP contribution < -0.4 is 5.32 Å². The number of non-ortho nitro benzene ring substituents is 1. The quantitative estimate of drug-likeness (QED) is 0.617. The third-order valence-corrected chi connectivity index (χ3v) is 1.88. The molecule has 0 radical (unpaired) electrons. The maximum Gasteiger partial charge on any atom is 0.269 e. The first-order chi connectivity index (χ1) is 7.54. The van der Waals surface area contributed by atoms with Crippen molar-refractivity contribution in [1.29, 1.82) is 5.26 Å². The summed E-state index contributed by atoms with van der Waals surface area (Å²) in [6.45, 7) is 1.33. The molecule has 0 aromatic heterocycles. The van der Waals surface area contributed by atoms with Gasteiger partial charge in [0.15, 0.2) is 0 Å². The van der Waals surface area contributed by atoms with E-state index in [1.54, 1.807) is 0 Å². The summed E-state index contributed by atoms with van der Waals surface area (Å²) < 4.78 is 0. The minimum Gasteiger partial charge on any atom is -0.326 e. The number of nitrogens with one attached hydrogen (secondary N) is 1. The van der Waals surface area contributed by atoms with Gasteiger partial charge in [-0.25, -0.2) is 0 Å². The number of anilines is 1. The van der Waals surface area contributed by atoms with Crippen LogP contribution in [-0.2, 0) is 11.2 Å². The Labute approximate surface area is 91.6 Å². The highest BCUT2D eigenvalue weighted by molar-refractivity contribution is 5.89. The van der Waals surface area contributed by atoms with Gasteiger partial charge < -0.3 is 5.32 Å². The molecule has 0 saturated carbocycles. The van der Waals surface area contributed by atoms with Crippen LogP contribution in [0.4, 0.5) is 11.4 Å². The van der Waals surface area contributed by atoms with Crippen LogP contribution in [-0.4, -0.2) is 10.8 Å². The molecule has 6 nitrogen and oxygen atoms in total. The molecule has 0 spiro atoms. The van der Waals surface area contributed by atoms with E-state index in [1.807, 2.05) is 6.07 Å². The second kappa shape index (κ2) is 4.89. The van der Waals surface area contributed by atoms with Crippen molar-refractivity contribution in [3.63, 3.8) is 0 Å². The maximum atomic E-state index is 10.9. The van der Waals surface area contributed by atoms with E-state index in [2.05, 4.69) is 5.32 Å². The second-order valence-electron chi connectivity index (χ2n) is 3.11. The number of amides is 1. The average Bonchev–Trinajstić information content (AvgIpc) is 2.20. The second-order valence-corrected chi connectivity index (χ2v) is 3.11. The fourth-order valence-electron chi connectivity index (χ4n) is 1.24. The Morgan fingerprint density at radius 3 is 2.81 bits per heavy atom. The topological polar surface area (TPSA) is 96.0 Å². The number of carbonyl (C=O) groups is 1. The van der Waals surface area contributed by atoms with E-state index in [9.17, 15) is 14.9 Å². The molecule has 0 heterocycles. The molecule has 1 rings (SSSR count). The van der Waals surface area contributed by atoms with Gasteiger partial charge in [-0.2, -0.15) is 5.26 Å². The van der Waals surface area contributed by atoms with Gasteiger partial charge in [0.05, 0.1) is 17.4 Å². The molecule has 16 heavy (non-hydrogen) atoms. The zero-order valence-corrected chi connectivity index (χ0v) is 8.56. The molecule has 0 atom stereocenters. The van der Waals surface area contributed by atoms with E-state index < -0.39 is 4.92 Å². The zero-order valence-electron chi connectivity index (χ0n) is 8.56. The first-order valence-corrected chi connectivity index (χ1v) is 4.46. The average molecular weight is 219 g/mol. The van der Waals surface area contributed by atoms with Crippen molar-refractivity contribution in [2.24, 2.45) is 0 Å². The fourth-order valence-corrected chi connectivity index (χ4v) is 1.24. The van der Waals surface area contributed by atoms with Crippen molar-refractivity contribution in [1.82, 2.24) is 0 Å². The number of hydrogen-bond acceptors (Lipinski definition) is 4. The van der Waals surface area contributed by atoms with Crippen molar-refractivity contribution < 1.29 is 9.72 Å². The highest BCUT2D eigenvalue weighted by Crippen LogP contribution is 2.22. The molecule has 82 valence electrons. The van der Waals surface area contributed by atoms with Gasteiger partial charge in [-0.1, -0.05) is 0 Å². The highest BCUT2D eigenvalue weighted by Gasteiger charge is 2.11. The van der Waals surface area contributed by atoms with Crippen molar-refractivity contribution in [2.75, 3.05) is 5.32 Å². The Bertz CT molecular complexity index is 477. The summed E-state index contributed by atoms with van der Waals surface area (Å²) in [6, 6.07) is 5.88. The molecule has 0 bridgehead atoms. The van der Waals surface area contributed by atoms with Gasteiger partial charge in [0.1, 0.15) is 0 Å². The number of hydrogen-bond donors (Lipinski definition) is 1. The molecule has 1 N–H and O–H groups in total. The van der Waals surface area contributed by atoms with Crippen LogP contribution in [0.25, 0.3) is 0 Å². The molecule has 1 aromatic rings. The summed E-state index contributed by atoms with van der Waals surface area (Å²) in [5.41, 5.74) is 0.769. The summed E-state index contributed by atoms with van der Waals surface area (Å²) in [5, 5.41) is 21.6. The largest absolute Gasteiger partial charge is 0.326 e. The Morgan fingerprint density at radius 1 is 1.62 bits per heavy atom. The molecule has 0 aliphatic rings. The van der Waals surface area contributed by atoms with Gasteiger partial charge in [-0.15, -0.1) is 0 Å². The number of carbonyl (C=O) groups excluding carboxylic acids is 1. The Balaban J connectivity index is 3.14. The molecular weight excluding hydrogens is 210 g/mol. The molecular formula is C10H9N3O3. The fraction of sp³-hybridized carbons (Fsp3) is 0.200. The lowest BCUT2D eigenvalue weighted by molar-refractivity contribution is -0.384. The highest BCUT2D eigenvalue weighted by atomic mass is 16.6. The van der Waals surface area contributed by atoms with Crippen LogP contribution in [0, 0.1) is 21.4 Å².